The minimum absolute atomic E-state index is 0.0767. The van der Waals surface area contributed by atoms with Gasteiger partial charge in [-0.3, -0.25) is 14.4 Å². The van der Waals surface area contributed by atoms with E-state index >= 15 is 0 Å². The van der Waals surface area contributed by atoms with Crippen LogP contribution in [0.25, 0.3) is 0 Å². The Kier molecular flexibility index (Phi) is 7.02. The molecule has 0 saturated carbocycles. The fraction of sp³-hybridized carbons (Fsp3) is 0.524. The molecule has 0 radical (unpaired) electrons. The largest absolute Gasteiger partial charge is 0.454 e. The first-order valence-electron chi connectivity index (χ1n) is 9.15. The van der Waals surface area contributed by atoms with E-state index < -0.39 is 24.1 Å². The number of ether oxygens (including phenoxy) is 2. The molecule has 0 aromatic rings. The summed E-state index contributed by atoms with van der Waals surface area (Å²) in [6.07, 6.45) is 1.82. The first kappa shape index (κ1) is 21.0. The van der Waals surface area contributed by atoms with Gasteiger partial charge in [-0.2, -0.15) is 0 Å². The van der Waals surface area contributed by atoms with Crippen LogP contribution in [0.3, 0.4) is 0 Å². The molecule has 6 nitrogen and oxygen atoms in total. The lowest BCUT2D eigenvalue weighted by atomic mass is 9.86. The Labute approximate surface area is 159 Å². The standard InChI is InChI=1S/C21H26O6/c1-5-26-20-10-15(22)6-13(4)7-16-8-14(21(25)27-16)9-18(23)17(12(2)3)11-19(20)24/h6,8,16-17,20H,2,5,7,9-11H2,1,3-4H3/b13-6+/t16-,17?,20?/m1/s1. The average Bonchev–Trinajstić information content (AvgIpc) is 2.89. The Hall–Kier alpha value is -2.34. The van der Waals surface area contributed by atoms with Gasteiger partial charge in [0.25, 0.3) is 0 Å². The monoisotopic (exact) mass is 374 g/mol. The van der Waals surface area contributed by atoms with Crippen LogP contribution in [0.2, 0.25) is 0 Å². The number of rotatable bonds is 3. The zero-order valence-electron chi connectivity index (χ0n) is 16.1. The van der Waals surface area contributed by atoms with Crippen LogP contribution < -0.4 is 0 Å². The molecule has 2 rings (SSSR count). The summed E-state index contributed by atoms with van der Waals surface area (Å²) in [5.41, 5.74) is 1.57. The number of hydrogen-bond acceptors (Lipinski definition) is 6. The Balaban J connectivity index is 2.36. The van der Waals surface area contributed by atoms with E-state index in [2.05, 4.69) is 6.58 Å². The van der Waals surface area contributed by atoms with Gasteiger partial charge in [-0.25, -0.2) is 4.79 Å². The molecule has 2 unspecified atom stereocenters. The van der Waals surface area contributed by atoms with Gasteiger partial charge in [0.05, 0.1) is 0 Å². The van der Waals surface area contributed by atoms with Crippen LogP contribution in [0.1, 0.15) is 46.5 Å². The van der Waals surface area contributed by atoms with Crippen LogP contribution in [0.15, 0.2) is 35.5 Å². The molecule has 1 aliphatic carbocycles. The molecule has 2 bridgehead atoms. The molecular weight excluding hydrogens is 348 g/mol. The molecule has 0 aromatic heterocycles. The highest BCUT2D eigenvalue weighted by atomic mass is 16.5. The van der Waals surface area contributed by atoms with Crippen LogP contribution in [-0.4, -0.2) is 42.1 Å². The zero-order chi connectivity index (χ0) is 20.1. The molecule has 146 valence electrons. The van der Waals surface area contributed by atoms with Crippen LogP contribution in [-0.2, 0) is 28.7 Å². The molecule has 3 atom stereocenters. The van der Waals surface area contributed by atoms with E-state index in [1.54, 1.807) is 26.8 Å². The number of Topliss-reactive ketones (excluding diaryl/α,β-unsaturated/α-hetero) is 2. The third kappa shape index (κ3) is 5.57. The third-order valence-electron chi connectivity index (χ3n) is 4.71. The molecule has 0 saturated heterocycles. The van der Waals surface area contributed by atoms with E-state index in [0.717, 1.165) is 5.57 Å². The molecule has 0 amide bonds. The minimum atomic E-state index is -0.891. The van der Waals surface area contributed by atoms with Crippen molar-refractivity contribution < 1.29 is 28.7 Å². The maximum absolute atomic E-state index is 12.7. The highest BCUT2D eigenvalue weighted by molar-refractivity contribution is 6.01. The molecular formula is C21H26O6. The van der Waals surface area contributed by atoms with E-state index in [0.29, 0.717) is 17.6 Å². The minimum Gasteiger partial charge on any atom is -0.454 e. The lowest BCUT2D eigenvalue weighted by molar-refractivity contribution is -0.140. The van der Waals surface area contributed by atoms with Crippen molar-refractivity contribution in [2.45, 2.75) is 58.7 Å². The van der Waals surface area contributed by atoms with E-state index in [1.165, 1.54) is 6.08 Å². The molecule has 0 fully saturated rings. The van der Waals surface area contributed by atoms with E-state index in [9.17, 15) is 19.2 Å². The molecule has 27 heavy (non-hydrogen) atoms. The van der Waals surface area contributed by atoms with Crippen molar-refractivity contribution in [3.05, 3.63) is 35.5 Å². The summed E-state index contributed by atoms with van der Waals surface area (Å²) >= 11 is 0. The van der Waals surface area contributed by atoms with Crippen molar-refractivity contribution in [3.8, 4) is 0 Å². The van der Waals surface area contributed by atoms with Crippen molar-refractivity contribution in [1.82, 2.24) is 0 Å². The fourth-order valence-corrected chi connectivity index (χ4v) is 3.34. The summed E-state index contributed by atoms with van der Waals surface area (Å²) in [6.45, 7) is 9.30. The first-order chi connectivity index (χ1) is 12.7. The van der Waals surface area contributed by atoms with Crippen molar-refractivity contribution in [2.24, 2.45) is 5.92 Å². The summed E-state index contributed by atoms with van der Waals surface area (Å²) in [4.78, 5) is 49.8. The highest BCUT2D eigenvalue weighted by Gasteiger charge is 2.33. The Morgan fingerprint density at radius 2 is 1.89 bits per heavy atom. The second-order valence-electron chi connectivity index (χ2n) is 7.16. The van der Waals surface area contributed by atoms with Gasteiger partial charge in [-0.05, 0) is 32.9 Å². The fourth-order valence-electron chi connectivity index (χ4n) is 3.34. The van der Waals surface area contributed by atoms with Gasteiger partial charge < -0.3 is 9.47 Å². The van der Waals surface area contributed by atoms with Crippen molar-refractivity contribution in [3.63, 3.8) is 0 Å². The lowest BCUT2D eigenvalue weighted by Crippen LogP contribution is -2.31. The molecule has 0 spiro atoms. The topological polar surface area (TPSA) is 86.7 Å². The number of carbonyl (C=O) groups is 4. The number of hydrogen-bond donors (Lipinski definition) is 0. The zero-order valence-corrected chi connectivity index (χ0v) is 16.1. The summed E-state index contributed by atoms with van der Waals surface area (Å²) in [5, 5.41) is 0. The Bertz CT molecular complexity index is 727. The maximum atomic E-state index is 12.7. The van der Waals surface area contributed by atoms with E-state index in [-0.39, 0.29) is 43.2 Å². The van der Waals surface area contributed by atoms with E-state index in [4.69, 9.17) is 9.47 Å². The average molecular weight is 374 g/mol. The Morgan fingerprint density at radius 3 is 2.52 bits per heavy atom. The molecule has 2 aliphatic rings. The SMILES string of the molecule is C=C(C)C1CC(=O)C(OCC)CC(=O)/C=C(\C)C[C@@H]2C=C(CC1=O)C(=O)O2. The van der Waals surface area contributed by atoms with E-state index in [1.807, 2.05) is 0 Å². The quantitative estimate of drug-likeness (QED) is 0.558. The second-order valence-corrected chi connectivity index (χ2v) is 7.16. The first-order valence-corrected chi connectivity index (χ1v) is 9.15. The van der Waals surface area contributed by atoms with Gasteiger partial charge >= 0.3 is 5.97 Å². The molecule has 0 aromatic carbocycles. The number of carbonyl (C=O) groups excluding carboxylic acids is 4. The van der Waals surface area contributed by atoms with Gasteiger partial charge in [-0.15, -0.1) is 0 Å². The number of esters is 1. The number of fused-ring (bicyclic) bond motifs is 1. The number of ketones is 3. The summed E-state index contributed by atoms with van der Waals surface area (Å²) in [6, 6.07) is 0. The van der Waals surface area contributed by atoms with Gasteiger partial charge in [0, 0.05) is 43.8 Å². The van der Waals surface area contributed by atoms with Crippen molar-refractivity contribution in [1.29, 1.82) is 0 Å². The van der Waals surface area contributed by atoms with Gasteiger partial charge in [0.1, 0.15) is 18.0 Å². The third-order valence-corrected chi connectivity index (χ3v) is 4.71. The normalized spacial score (nSPS) is 29.5. The second kappa shape index (κ2) is 9.04. The smallest absolute Gasteiger partial charge is 0.334 e. The maximum Gasteiger partial charge on any atom is 0.334 e. The summed E-state index contributed by atoms with van der Waals surface area (Å²) in [7, 11) is 0. The van der Waals surface area contributed by atoms with Crippen LogP contribution in [0, 0.1) is 5.92 Å². The van der Waals surface area contributed by atoms with Crippen molar-refractivity contribution >= 4 is 23.3 Å². The predicted octanol–water partition coefficient (Wildman–Crippen LogP) is 2.66. The summed E-state index contributed by atoms with van der Waals surface area (Å²) < 4.78 is 10.7. The predicted molar refractivity (Wildman–Crippen MR) is 98.9 cm³/mol. The van der Waals surface area contributed by atoms with Gasteiger partial charge in [-0.1, -0.05) is 17.7 Å². The molecule has 0 N–H and O–H groups in total. The molecule has 1 heterocycles. The van der Waals surface area contributed by atoms with Gasteiger partial charge in [0.2, 0.25) is 0 Å². The summed E-state index contributed by atoms with van der Waals surface area (Å²) in [5.74, 6) is -2.05. The lowest BCUT2D eigenvalue weighted by Gasteiger charge is -2.20. The Morgan fingerprint density at radius 1 is 1.19 bits per heavy atom. The van der Waals surface area contributed by atoms with Crippen molar-refractivity contribution in [2.75, 3.05) is 6.61 Å². The van der Waals surface area contributed by atoms with Crippen LogP contribution in [0.4, 0.5) is 0 Å². The number of allylic oxidation sites excluding steroid dienone is 2. The van der Waals surface area contributed by atoms with Crippen LogP contribution in [0.5, 0.6) is 0 Å². The van der Waals surface area contributed by atoms with Gasteiger partial charge in [0.15, 0.2) is 11.6 Å². The molecule has 1 aliphatic heterocycles. The highest BCUT2D eigenvalue weighted by Crippen LogP contribution is 2.27. The van der Waals surface area contributed by atoms with Crippen LogP contribution >= 0.6 is 0 Å². The molecule has 6 heteroatoms.